The van der Waals surface area contributed by atoms with E-state index in [2.05, 4.69) is 20.8 Å². The van der Waals surface area contributed by atoms with E-state index in [4.69, 9.17) is 4.74 Å². The molecule has 1 atom stereocenters. The second-order valence-corrected chi connectivity index (χ2v) is 7.25. The van der Waals surface area contributed by atoms with Gasteiger partial charge in [0.2, 0.25) is 0 Å². The number of esters is 1. The van der Waals surface area contributed by atoms with Crippen molar-refractivity contribution in [1.82, 2.24) is 4.90 Å². The summed E-state index contributed by atoms with van der Waals surface area (Å²) in [6, 6.07) is 4.44. The number of ether oxygens (including phenoxy) is 1. The van der Waals surface area contributed by atoms with Crippen LogP contribution in [-0.4, -0.2) is 29.1 Å². The van der Waals surface area contributed by atoms with E-state index in [-0.39, 0.29) is 17.8 Å². The van der Waals surface area contributed by atoms with Crippen LogP contribution in [0.5, 0.6) is 0 Å². The lowest BCUT2D eigenvalue weighted by Gasteiger charge is -2.27. The quantitative estimate of drug-likeness (QED) is 0.768. The van der Waals surface area contributed by atoms with E-state index in [1.165, 1.54) is 12.1 Å². The summed E-state index contributed by atoms with van der Waals surface area (Å²) >= 11 is 3.38. The summed E-state index contributed by atoms with van der Waals surface area (Å²) in [5.41, 5.74) is 0.508. The molecular formula is C16H21BrFNO2. The molecule has 1 heterocycles. The lowest BCUT2D eigenvalue weighted by Crippen LogP contribution is -2.40. The maximum atomic E-state index is 13.1. The number of nitrogens with zero attached hydrogens (tertiary/aromatic N) is 1. The van der Waals surface area contributed by atoms with Crippen LogP contribution in [0.3, 0.4) is 0 Å². The normalized spacial score (nSPS) is 19.8. The minimum atomic E-state index is -0.470. The number of hydrogen-bond donors (Lipinski definition) is 0. The Morgan fingerprint density at radius 3 is 2.81 bits per heavy atom. The fourth-order valence-electron chi connectivity index (χ4n) is 2.52. The molecular weight excluding hydrogens is 337 g/mol. The van der Waals surface area contributed by atoms with Crippen LogP contribution >= 0.6 is 15.9 Å². The third-order valence-electron chi connectivity index (χ3n) is 3.43. The fraction of sp³-hybridized carbons (Fsp3) is 0.562. The van der Waals surface area contributed by atoms with Gasteiger partial charge in [0.15, 0.2) is 0 Å². The van der Waals surface area contributed by atoms with Crippen LogP contribution < -0.4 is 0 Å². The van der Waals surface area contributed by atoms with E-state index in [1.807, 2.05) is 20.8 Å². The van der Waals surface area contributed by atoms with Gasteiger partial charge in [-0.2, -0.15) is 0 Å². The second-order valence-electron chi connectivity index (χ2n) is 6.40. The van der Waals surface area contributed by atoms with Crippen molar-refractivity contribution in [3.05, 3.63) is 34.1 Å². The van der Waals surface area contributed by atoms with E-state index in [0.29, 0.717) is 6.54 Å². The van der Waals surface area contributed by atoms with Crippen LogP contribution in [0.25, 0.3) is 0 Å². The highest BCUT2D eigenvalue weighted by atomic mass is 79.9. The molecule has 1 aromatic carbocycles. The predicted molar refractivity (Wildman–Crippen MR) is 83.4 cm³/mol. The highest BCUT2D eigenvalue weighted by Gasteiger charge is 2.34. The third-order valence-corrected chi connectivity index (χ3v) is 4.17. The third kappa shape index (κ3) is 4.51. The Kier molecular flexibility index (Phi) is 5.04. The second kappa shape index (κ2) is 6.44. The minimum Gasteiger partial charge on any atom is -0.459 e. The molecule has 1 fully saturated rings. The molecule has 2 rings (SSSR count). The van der Waals surface area contributed by atoms with Gasteiger partial charge in [-0.1, -0.05) is 22.0 Å². The van der Waals surface area contributed by atoms with Crippen LogP contribution in [-0.2, 0) is 16.1 Å². The Labute approximate surface area is 133 Å². The first-order valence-electron chi connectivity index (χ1n) is 7.17. The summed E-state index contributed by atoms with van der Waals surface area (Å²) in [5.74, 6) is -0.436. The number of rotatable bonds is 3. The van der Waals surface area contributed by atoms with Gasteiger partial charge in [0.25, 0.3) is 0 Å². The fourth-order valence-corrected chi connectivity index (χ4v) is 3.00. The number of likely N-dealkylation sites (tertiary alicyclic amines) is 1. The van der Waals surface area contributed by atoms with Crippen molar-refractivity contribution in [2.75, 3.05) is 6.54 Å². The largest absolute Gasteiger partial charge is 0.459 e. The molecule has 1 aliphatic heterocycles. The summed E-state index contributed by atoms with van der Waals surface area (Å²) < 4.78 is 19.4. The summed E-state index contributed by atoms with van der Waals surface area (Å²) in [6.07, 6.45) is 1.79. The number of carbonyl (C=O) groups is 1. The molecule has 21 heavy (non-hydrogen) atoms. The average molecular weight is 358 g/mol. The Bertz CT molecular complexity index is 527. The highest BCUT2D eigenvalue weighted by Crippen LogP contribution is 2.26. The van der Waals surface area contributed by atoms with Crippen molar-refractivity contribution in [2.24, 2.45) is 0 Å². The van der Waals surface area contributed by atoms with E-state index < -0.39 is 5.60 Å². The molecule has 1 saturated heterocycles. The van der Waals surface area contributed by atoms with Crippen LogP contribution in [0.2, 0.25) is 0 Å². The summed E-state index contributed by atoms with van der Waals surface area (Å²) in [5, 5.41) is 0. The van der Waals surface area contributed by atoms with Crippen molar-refractivity contribution < 1.29 is 13.9 Å². The Morgan fingerprint density at radius 2 is 2.19 bits per heavy atom. The molecule has 1 aromatic rings. The van der Waals surface area contributed by atoms with E-state index >= 15 is 0 Å². The molecule has 0 aliphatic carbocycles. The Hall–Kier alpha value is -0.940. The first kappa shape index (κ1) is 16.4. The van der Waals surface area contributed by atoms with Gasteiger partial charge in [-0.3, -0.25) is 9.69 Å². The molecule has 0 spiro atoms. The van der Waals surface area contributed by atoms with E-state index in [1.54, 1.807) is 6.07 Å². The lowest BCUT2D eigenvalue weighted by molar-refractivity contribution is -0.160. The van der Waals surface area contributed by atoms with Crippen LogP contribution in [0.15, 0.2) is 22.7 Å². The average Bonchev–Trinajstić information content (AvgIpc) is 2.79. The maximum Gasteiger partial charge on any atom is 0.323 e. The monoisotopic (exact) mass is 357 g/mol. The number of hydrogen-bond acceptors (Lipinski definition) is 3. The SMILES string of the molecule is CC(C)(C)OC(=O)[C@H]1CCCN1Cc1ccc(F)cc1Br. The van der Waals surface area contributed by atoms with Crippen LogP contribution in [0, 0.1) is 5.82 Å². The molecule has 0 radical (unpaired) electrons. The molecule has 1 aliphatic rings. The van der Waals surface area contributed by atoms with Crippen LogP contribution in [0.4, 0.5) is 4.39 Å². The molecule has 0 N–H and O–H groups in total. The van der Waals surface area contributed by atoms with E-state index in [9.17, 15) is 9.18 Å². The smallest absolute Gasteiger partial charge is 0.323 e. The lowest BCUT2D eigenvalue weighted by atomic mass is 10.1. The zero-order valence-corrected chi connectivity index (χ0v) is 14.2. The van der Waals surface area contributed by atoms with Crippen molar-refractivity contribution in [1.29, 1.82) is 0 Å². The van der Waals surface area contributed by atoms with Crippen molar-refractivity contribution in [3.63, 3.8) is 0 Å². The minimum absolute atomic E-state index is 0.168. The molecule has 3 nitrogen and oxygen atoms in total. The van der Waals surface area contributed by atoms with Crippen molar-refractivity contribution >= 4 is 21.9 Å². The van der Waals surface area contributed by atoms with Gasteiger partial charge in [0, 0.05) is 11.0 Å². The van der Waals surface area contributed by atoms with Crippen molar-refractivity contribution in [3.8, 4) is 0 Å². The highest BCUT2D eigenvalue weighted by molar-refractivity contribution is 9.10. The zero-order valence-electron chi connectivity index (χ0n) is 12.7. The van der Waals surface area contributed by atoms with Gasteiger partial charge < -0.3 is 4.74 Å². The topological polar surface area (TPSA) is 29.5 Å². The van der Waals surface area contributed by atoms with Crippen LogP contribution in [0.1, 0.15) is 39.2 Å². The van der Waals surface area contributed by atoms with Gasteiger partial charge in [-0.25, -0.2) is 4.39 Å². The molecule has 0 unspecified atom stereocenters. The molecule has 0 bridgehead atoms. The first-order valence-corrected chi connectivity index (χ1v) is 7.96. The first-order chi connectivity index (χ1) is 9.76. The molecule has 0 amide bonds. The standard InChI is InChI=1S/C16H21BrFNO2/c1-16(2,3)21-15(20)14-5-4-8-19(14)10-11-6-7-12(18)9-13(11)17/h6-7,9,14H,4-5,8,10H2,1-3H3/t14-/m1/s1. The Morgan fingerprint density at radius 1 is 1.48 bits per heavy atom. The van der Waals surface area contributed by atoms with Gasteiger partial charge in [0.05, 0.1) is 0 Å². The van der Waals surface area contributed by atoms with Gasteiger partial charge in [-0.15, -0.1) is 0 Å². The molecule has 0 saturated carbocycles. The predicted octanol–water partition coefficient (Wildman–Crippen LogP) is 3.89. The van der Waals surface area contributed by atoms with Crippen molar-refractivity contribution in [2.45, 2.75) is 51.8 Å². The van der Waals surface area contributed by atoms with Gasteiger partial charge in [-0.05, 0) is 57.9 Å². The number of carbonyl (C=O) groups excluding carboxylic acids is 1. The molecule has 116 valence electrons. The number of benzene rings is 1. The maximum absolute atomic E-state index is 13.1. The van der Waals surface area contributed by atoms with Gasteiger partial charge >= 0.3 is 5.97 Å². The summed E-state index contributed by atoms with van der Waals surface area (Å²) in [6.45, 7) is 7.10. The number of halogens is 2. The zero-order chi connectivity index (χ0) is 15.6. The Balaban J connectivity index is 2.06. The summed E-state index contributed by atoms with van der Waals surface area (Å²) in [4.78, 5) is 14.4. The van der Waals surface area contributed by atoms with Gasteiger partial charge in [0.1, 0.15) is 17.5 Å². The van der Waals surface area contributed by atoms with E-state index in [0.717, 1.165) is 29.4 Å². The summed E-state index contributed by atoms with van der Waals surface area (Å²) in [7, 11) is 0. The molecule has 5 heteroatoms. The molecule has 0 aromatic heterocycles.